The Balaban J connectivity index is 2.02. The maximum Gasteiger partial charge on any atom is 0.228 e. The monoisotopic (exact) mass is 239 g/mol. The summed E-state index contributed by atoms with van der Waals surface area (Å²) in [5.74, 6) is 0.214. The topological polar surface area (TPSA) is 29.5 Å². The first-order valence-electron chi connectivity index (χ1n) is 5.59. The SMILES string of the molecule is C[C@@H]1COC[C@@H](C)N1C(=O)Cc1cccs1. The van der Waals surface area contributed by atoms with Crippen LogP contribution >= 0.6 is 11.3 Å². The van der Waals surface area contributed by atoms with Crippen molar-refractivity contribution in [3.05, 3.63) is 22.4 Å². The van der Waals surface area contributed by atoms with Gasteiger partial charge in [-0.05, 0) is 25.3 Å². The Morgan fingerprint density at radius 3 is 2.75 bits per heavy atom. The van der Waals surface area contributed by atoms with E-state index in [1.165, 1.54) is 0 Å². The van der Waals surface area contributed by atoms with Crippen LogP contribution in [-0.2, 0) is 16.0 Å². The standard InChI is InChI=1S/C12H17NO2S/c1-9-7-15-8-10(2)13(9)12(14)6-11-4-3-5-16-11/h3-5,9-10H,6-8H2,1-2H3/t9-,10-/m1/s1. The Bertz CT molecular complexity index is 340. The number of hydrogen-bond acceptors (Lipinski definition) is 3. The molecule has 1 amide bonds. The molecule has 0 aliphatic carbocycles. The van der Waals surface area contributed by atoms with E-state index in [9.17, 15) is 4.79 Å². The van der Waals surface area contributed by atoms with Crippen molar-refractivity contribution >= 4 is 17.2 Å². The fourth-order valence-corrected chi connectivity index (χ4v) is 2.85. The molecule has 0 unspecified atom stereocenters. The molecule has 1 fully saturated rings. The van der Waals surface area contributed by atoms with E-state index in [1.807, 2.05) is 36.3 Å². The fraction of sp³-hybridized carbons (Fsp3) is 0.583. The molecule has 0 N–H and O–H groups in total. The van der Waals surface area contributed by atoms with Gasteiger partial charge in [-0.3, -0.25) is 4.79 Å². The number of amides is 1. The van der Waals surface area contributed by atoms with E-state index in [0.717, 1.165) is 4.88 Å². The minimum absolute atomic E-state index is 0.191. The van der Waals surface area contributed by atoms with Crippen molar-refractivity contribution in [1.82, 2.24) is 4.90 Å². The highest BCUT2D eigenvalue weighted by atomic mass is 32.1. The van der Waals surface area contributed by atoms with Crippen molar-refractivity contribution in [2.45, 2.75) is 32.4 Å². The van der Waals surface area contributed by atoms with Crippen LogP contribution in [0.5, 0.6) is 0 Å². The normalized spacial score (nSPS) is 25.8. The van der Waals surface area contributed by atoms with Gasteiger partial charge in [-0.15, -0.1) is 11.3 Å². The second-order valence-corrected chi connectivity index (χ2v) is 5.32. The number of carbonyl (C=O) groups excluding carboxylic acids is 1. The zero-order chi connectivity index (χ0) is 11.5. The number of hydrogen-bond donors (Lipinski definition) is 0. The van der Waals surface area contributed by atoms with Crippen LogP contribution in [0.3, 0.4) is 0 Å². The molecule has 1 aromatic heterocycles. The molecule has 0 radical (unpaired) electrons. The molecule has 0 bridgehead atoms. The first-order chi connectivity index (χ1) is 7.68. The van der Waals surface area contributed by atoms with Gasteiger partial charge in [-0.1, -0.05) is 6.07 Å². The van der Waals surface area contributed by atoms with Crippen LogP contribution in [0.1, 0.15) is 18.7 Å². The lowest BCUT2D eigenvalue weighted by molar-refractivity contribution is -0.143. The lowest BCUT2D eigenvalue weighted by atomic mass is 10.1. The number of morpholine rings is 1. The smallest absolute Gasteiger partial charge is 0.228 e. The van der Waals surface area contributed by atoms with E-state index < -0.39 is 0 Å². The van der Waals surface area contributed by atoms with Gasteiger partial charge < -0.3 is 9.64 Å². The molecule has 0 spiro atoms. The zero-order valence-corrected chi connectivity index (χ0v) is 10.5. The molecule has 2 rings (SSSR count). The summed E-state index contributed by atoms with van der Waals surface area (Å²) in [6.07, 6.45) is 0.520. The average molecular weight is 239 g/mol. The van der Waals surface area contributed by atoms with E-state index in [-0.39, 0.29) is 18.0 Å². The number of thiophene rings is 1. The molecule has 88 valence electrons. The average Bonchev–Trinajstić information content (AvgIpc) is 2.70. The highest BCUT2D eigenvalue weighted by Gasteiger charge is 2.29. The van der Waals surface area contributed by atoms with E-state index in [0.29, 0.717) is 19.6 Å². The van der Waals surface area contributed by atoms with Gasteiger partial charge in [0.25, 0.3) is 0 Å². The van der Waals surface area contributed by atoms with Crippen LogP contribution < -0.4 is 0 Å². The highest BCUT2D eigenvalue weighted by molar-refractivity contribution is 7.10. The lowest BCUT2D eigenvalue weighted by Crippen LogP contribution is -2.52. The predicted octanol–water partition coefficient (Wildman–Crippen LogP) is 1.93. The molecule has 0 aromatic carbocycles. The van der Waals surface area contributed by atoms with Crippen molar-refractivity contribution in [3.63, 3.8) is 0 Å². The third-order valence-corrected chi connectivity index (χ3v) is 3.74. The van der Waals surface area contributed by atoms with Crippen LogP contribution in [0.25, 0.3) is 0 Å². The summed E-state index contributed by atoms with van der Waals surface area (Å²) in [6.45, 7) is 5.39. The zero-order valence-electron chi connectivity index (χ0n) is 9.68. The molecule has 3 nitrogen and oxygen atoms in total. The van der Waals surface area contributed by atoms with Crippen molar-refractivity contribution in [2.75, 3.05) is 13.2 Å². The third kappa shape index (κ3) is 2.44. The predicted molar refractivity (Wildman–Crippen MR) is 64.6 cm³/mol. The quantitative estimate of drug-likeness (QED) is 0.789. The second-order valence-electron chi connectivity index (χ2n) is 4.29. The van der Waals surface area contributed by atoms with Gasteiger partial charge in [0.1, 0.15) is 0 Å². The molecule has 2 heterocycles. The fourth-order valence-electron chi connectivity index (χ4n) is 2.15. The molecular weight excluding hydrogens is 222 g/mol. The van der Waals surface area contributed by atoms with E-state index >= 15 is 0 Å². The van der Waals surface area contributed by atoms with Crippen molar-refractivity contribution in [2.24, 2.45) is 0 Å². The summed E-state index contributed by atoms with van der Waals surface area (Å²) >= 11 is 1.64. The Hall–Kier alpha value is -0.870. The molecule has 0 saturated carbocycles. The van der Waals surface area contributed by atoms with Crippen LogP contribution in [-0.4, -0.2) is 36.1 Å². The van der Waals surface area contributed by atoms with Gasteiger partial charge in [0.2, 0.25) is 5.91 Å². The second kappa shape index (κ2) is 4.97. The van der Waals surface area contributed by atoms with Gasteiger partial charge >= 0.3 is 0 Å². The minimum atomic E-state index is 0.191. The van der Waals surface area contributed by atoms with Gasteiger partial charge in [0, 0.05) is 4.88 Å². The van der Waals surface area contributed by atoms with Crippen molar-refractivity contribution < 1.29 is 9.53 Å². The molecular formula is C12H17NO2S. The van der Waals surface area contributed by atoms with Gasteiger partial charge in [-0.25, -0.2) is 0 Å². The summed E-state index contributed by atoms with van der Waals surface area (Å²) in [6, 6.07) is 4.38. The van der Waals surface area contributed by atoms with Crippen molar-refractivity contribution in [3.8, 4) is 0 Å². The van der Waals surface area contributed by atoms with Crippen LogP contribution in [0.2, 0.25) is 0 Å². The summed E-state index contributed by atoms with van der Waals surface area (Å²) in [7, 11) is 0. The first kappa shape index (κ1) is 11.6. The molecule has 1 saturated heterocycles. The molecule has 16 heavy (non-hydrogen) atoms. The van der Waals surface area contributed by atoms with Gasteiger partial charge in [-0.2, -0.15) is 0 Å². The van der Waals surface area contributed by atoms with Crippen LogP contribution in [0, 0.1) is 0 Å². The summed E-state index contributed by atoms with van der Waals surface area (Å²) in [5.41, 5.74) is 0. The number of ether oxygens (including phenoxy) is 1. The molecule has 4 heteroatoms. The molecule has 1 aliphatic heterocycles. The number of rotatable bonds is 2. The third-order valence-electron chi connectivity index (χ3n) is 2.86. The highest BCUT2D eigenvalue weighted by Crippen LogP contribution is 2.17. The summed E-state index contributed by atoms with van der Waals surface area (Å²) in [4.78, 5) is 15.3. The van der Waals surface area contributed by atoms with E-state index in [1.54, 1.807) is 11.3 Å². The summed E-state index contributed by atoms with van der Waals surface area (Å²) in [5, 5.41) is 2.01. The van der Waals surface area contributed by atoms with Gasteiger partial charge in [0.15, 0.2) is 0 Å². The number of nitrogens with zero attached hydrogens (tertiary/aromatic N) is 1. The van der Waals surface area contributed by atoms with Crippen molar-refractivity contribution in [1.29, 1.82) is 0 Å². The molecule has 2 atom stereocenters. The first-order valence-corrected chi connectivity index (χ1v) is 6.47. The Labute approximate surface area is 100 Å². The van der Waals surface area contributed by atoms with E-state index in [4.69, 9.17) is 4.74 Å². The van der Waals surface area contributed by atoms with Gasteiger partial charge in [0.05, 0.1) is 31.7 Å². The summed E-state index contributed by atoms with van der Waals surface area (Å²) < 4.78 is 5.42. The largest absolute Gasteiger partial charge is 0.377 e. The molecule has 1 aromatic rings. The minimum Gasteiger partial charge on any atom is -0.377 e. The van der Waals surface area contributed by atoms with Crippen LogP contribution in [0.15, 0.2) is 17.5 Å². The number of carbonyl (C=O) groups is 1. The molecule has 1 aliphatic rings. The Morgan fingerprint density at radius 1 is 1.50 bits per heavy atom. The Morgan fingerprint density at radius 2 is 2.19 bits per heavy atom. The lowest BCUT2D eigenvalue weighted by Gasteiger charge is -2.38. The maximum atomic E-state index is 12.2. The maximum absolute atomic E-state index is 12.2. The van der Waals surface area contributed by atoms with Crippen LogP contribution in [0.4, 0.5) is 0 Å². The van der Waals surface area contributed by atoms with E-state index in [2.05, 4.69) is 0 Å². The Kier molecular flexibility index (Phi) is 3.61.